The fourth-order valence-electron chi connectivity index (χ4n) is 3.13. The predicted octanol–water partition coefficient (Wildman–Crippen LogP) is 6.42. The highest BCUT2D eigenvalue weighted by Crippen LogP contribution is 2.33. The van der Waals surface area contributed by atoms with Gasteiger partial charge in [-0.25, -0.2) is 0 Å². The fourth-order valence-corrected chi connectivity index (χ4v) is 4.10. The zero-order chi connectivity index (χ0) is 23.8. The summed E-state index contributed by atoms with van der Waals surface area (Å²) in [4.78, 5) is 12.2. The topological polar surface area (TPSA) is 59.6 Å². The largest absolute Gasteiger partial charge is 0.493 e. The highest BCUT2D eigenvalue weighted by molar-refractivity contribution is 9.10. The number of anilines is 1. The molecule has 5 nitrogen and oxygen atoms in total. The van der Waals surface area contributed by atoms with Crippen LogP contribution in [0.5, 0.6) is 11.5 Å². The van der Waals surface area contributed by atoms with Gasteiger partial charge in [-0.05, 0) is 67.4 Å². The van der Waals surface area contributed by atoms with E-state index in [1.807, 2.05) is 55.5 Å². The molecule has 1 amide bonds. The SMILES string of the molecule is COc1cc(CNCCc2ccc(Cl)cc2Cl)c(Br)cc1OCC(=O)Nc1ccc(C)cc1. The summed E-state index contributed by atoms with van der Waals surface area (Å²) in [5.74, 6) is 0.794. The van der Waals surface area contributed by atoms with E-state index in [2.05, 4.69) is 26.6 Å². The molecule has 0 fully saturated rings. The molecule has 0 aliphatic rings. The summed E-state index contributed by atoms with van der Waals surface area (Å²) in [7, 11) is 1.57. The number of halogens is 3. The number of aryl methyl sites for hydroxylation is 1. The van der Waals surface area contributed by atoms with Crippen molar-refractivity contribution < 1.29 is 14.3 Å². The summed E-state index contributed by atoms with van der Waals surface area (Å²) in [6.45, 7) is 3.23. The van der Waals surface area contributed by atoms with Crippen molar-refractivity contribution in [3.05, 3.63) is 85.8 Å². The summed E-state index contributed by atoms with van der Waals surface area (Å²) in [5, 5.41) is 7.51. The zero-order valence-corrected chi connectivity index (χ0v) is 21.5. The number of amides is 1. The van der Waals surface area contributed by atoms with E-state index in [9.17, 15) is 4.79 Å². The van der Waals surface area contributed by atoms with Crippen molar-refractivity contribution in [2.45, 2.75) is 19.9 Å². The lowest BCUT2D eigenvalue weighted by atomic mass is 10.1. The number of carbonyl (C=O) groups is 1. The number of ether oxygens (including phenoxy) is 2. The molecule has 0 bridgehead atoms. The van der Waals surface area contributed by atoms with Gasteiger partial charge in [-0.15, -0.1) is 0 Å². The lowest BCUT2D eigenvalue weighted by Gasteiger charge is -2.15. The number of hydrogen-bond acceptors (Lipinski definition) is 4. The average molecular weight is 552 g/mol. The maximum atomic E-state index is 12.2. The van der Waals surface area contributed by atoms with Gasteiger partial charge in [-0.2, -0.15) is 0 Å². The molecule has 0 spiro atoms. The second-order valence-corrected chi connectivity index (χ2v) is 9.16. The molecule has 0 saturated carbocycles. The van der Waals surface area contributed by atoms with Crippen LogP contribution in [0, 0.1) is 6.92 Å². The van der Waals surface area contributed by atoms with Gasteiger partial charge in [-0.3, -0.25) is 4.79 Å². The molecule has 3 aromatic carbocycles. The Hall–Kier alpha value is -2.25. The van der Waals surface area contributed by atoms with Crippen LogP contribution in [0.25, 0.3) is 0 Å². The highest BCUT2D eigenvalue weighted by Gasteiger charge is 2.12. The van der Waals surface area contributed by atoms with E-state index in [-0.39, 0.29) is 12.5 Å². The fraction of sp³-hybridized carbons (Fsp3) is 0.240. The van der Waals surface area contributed by atoms with Crippen molar-refractivity contribution in [3.8, 4) is 11.5 Å². The monoisotopic (exact) mass is 550 g/mol. The maximum absolute atomic E-state index is 12.2. The molecule has 33 heavy (non-hydrogen) atoms. The van der Waals surface area contributed by atoms with Gasteiger partial charge in [-0.1, -0.05) is 62.9 Å². The molecule has 3 aromatic rings. The van der Waals surface area contributed by atoms with E-state index >= 15 is 0 Å². The number of benzene rings is 3. The van der Waals surface area contributed by atoms with Gasteiger partial charge in [0.15, 0.2) is 18.1 Å². The number of methoxy groups -OCH3 is 1. The zero-order valence-electron chi connectivity index (χ0n) is 18.4. The summed E-state index contributed by atoms with van der Waals surface area (Å²) in [6.07, 6.45) is 0.780. The molecule has 8 heteroatoms. The minimum absolute atomic E-state index is 0.129. The molecule has 0 heterocycles. The Morgan fingerprint density at radius 1 is 1.00 bits per heavy atom. The highest BCUT2D eigenvalue weighted by atomic mass is 79.9. The minimum atomic E-state index is -0.247. The molecule has 2 N–H and O–H groups in total. The molecule has 3 rings (SSSR count). The Morgan fingerprint density at radius 3 is 2.45 bits per heavy atom. The van der Waals surface area contributed by atoms with E-state index in [1.165, 1.54) is 0 Å². The Balaban J connectivity index is 1.53. The average Bonchev–Trinajstić information content (AvgIpc) is 2.79. The van der Waals surface area contributed by atoms with Crippen LogP contribution in [-0.4, -0.2) is 26.2 Å². The summed E-state index contributed by atoms with van der Waals surface area (Å²) >= 11 is 15.8. The number of nitrogens with one attached hydrogen (secondary N) is 2. The smallest absolute Gasteiger partial charge is 0.262 e. The first-order valence-corrected chi connectivity index (χ1v) is 11.9. The second-order valence-electron chi connectivity index (χ2n) is 7.46. The third-order valence-corrected chi connectivity index (χ3v) is 6.25. The van der Waals surface area contributed by atoms with Crippen LogP contribution in [-0.2, 0) is 17.8 Å². The van der Waals surface area contributed by atoms with E-state index in [4.69, 9.17) is 32.7 Å². The quantitative estimate of drug-likeness (QED) is 0.285. The Morgan fingerprint density at radius 2 is 1.76 bits per heavy atom. The van der Waals surface area contributed by atoms with E-state index in [1.54, 1.807) is 13.2 Å². The van der Waals surface area contributed by atoms with Gasteiger partial charge >= 0.3 is 0 Å². The molecular weight excluding hydrogens is 527 g/mol. The summed E-state index contributed by atoms with van der Waals surface area (Å²) in [6, 6.07) is 16.8. The van der Waals surface area contributed by atoms with Gasteiger partial charge in [0.05, 0.1) is 7.11 Å². The number of hydrogen-bond donors (Lipinski definition) is 2. The van der Waals surface area contributed by atoms with Crippen molar-refractivity contribution in [1.29, 1.82) is 0 Å². The van der Waals surface area contributed by atoms with Crippen molar-refractivity contribution >= 4 is 50.7 Å². The molecule has 174 valence electrons. The molecular formula is C25H25BrCl2N2O3. The first-order chi connectivity index (χ1) is 15.9. The van der Waals surface area contributed by atoms with E-state index < -0.39 is 0 Å². The van der Waals surface area contributed by atoms with Crippen LogP contribution in [0.1, 0.15) is 16.7 Å². The first-order valence-electron chi connectivity index (χ1n) is 10.4. The third-order valence-electron chi connectivity index (χ3n) is 4.93. The van der Waals surface area contributed by atoms with Crippen molar-refractivity contribution in [1.82, 2.24) is 5.32 Å². The van der Waals surface area contributed by atoms with Crippen LogP contribution in [0.2, 0.25) is 10.0 Å². The van der Waals surface area contributed by atoms with Gasteiger partial charge < -0.3 is 20.1 Å². The lowest BCUT2D eigenvalue weighted by molar-refractivity contribution is -0.118. The van der Waals surface area contributed by atoms with E-state index in [0.717, 1.165) is 39.8 Å². The normalized spacial score (nSPS) is 10.7. The van der Waals surface area contributed by atoms with Crippen LogP contribution in [0.4, 0.5) is 5.69 Å². The third kappa shape index (κ3) is 7.64. The maximum Gasteiger partial charge on any atom is 0.262 e. The first kappa shape index (κ1) is 25.4. The number of rotatable bonds is 10. The van der Waals surface area contributed by atoms with E-state index in [0.29, 0.717) is 28.1 Å². The van der Waals surface area contributed by atoms with Crippen molar-refractivity contribution in [2.24, 2.45) is 0 Å². The van der Waals surface area contributed by atoms with Crippen LogP contribution in [0.3, 0.4) is 0 Å². The molecule has 0 aliphatic heterocycles. The predicted molar refractivity (Wildman–Crippen MR) is 138 cm³/mol. The standard InChI is InChI=1S/C25H25BrCl2N2O3/c1-16-3-7-20(8-4-16)30-25(31)15-33-24-13-21(26)18(11-23(24)32-2)14-29-10-9-17-5-6-19(27)12-22(17)28/h3-8,11-13,29H,9-10,14-15H2,1-2H3,(H,30,31). The van der Waals surface area contributed by atoms with Crippen LogP contribution >= 0.6 is 39.1 Å². The van der Waals surface area contributed by atoms with Crippen molar-refractivity contribution in [3.63, 3.8) is 0 Å². The van der Waals surface area contributed by atoms with Gasteiger partial charge in [0.2, 0.25) is 0 Å². The molecule has 0 atom stereocenters. The Kier molecular flexibility index (Phi) is 9.44. The molecule has 0 unspecified atom stereocenters. The second kappa shape index (κ2) is 12.3. The summed E-state index contributed by atoms with van der Waals surface area (Å²) in [5.41, 5.74) is 3.90. The minimum Gasteiger partial charge on any atom is -0.493 e. The van der Waals surface area contributed by atoms with Gasteiger partial charge in [0.25, 0.3) is 5.91 Å². The van der Waals surface area contributed by atoms with Crippen LogP contribution < -0.4 is 20.1 Å². The van der Waals surface area contributed by atoms with Gasteiger partial charge in [0.1, 0.15) is 0 Å². The molecule has 0 aromatic heterocycles. The lowest BCUT2D eigenvalue weighted by Crippen LogP contribution is -2.20. The Bertz CT molecular complexity index is 1110. The number of carbonyl (C=O) groups excluding carboxylic acids is 1. The van der Waals surface area contributed by atoms with Crippen molar-refractivity contribution in [2.75, 3.05) is 25.6 Å². The van der Waals surface area contributed by atoms with Crippen LogP contribution in [0.15, 0.2) is 59.1 Å². The summed E-state index contributed by atoms with van der Waals surface area (Å²) < 4.78 is 12.0. The van der Waals surface area contributed by atoms with Gasteiger partial charge in [0, 0.05) is 26.8 Å². The molecule has 0 radical (unpaired) electrons. The molecule has 0 aliphatic carbocycles. The Labute approximate surface area is 212 Å². The molecule has 0 saturated heterocycles.